The fraction of sp³-hybridized carbons (Fsp3) is 0.250. The minimum absolute atomic E-state index is 0.192. The molecule has 1 aliphatic heterocycles. The van der Waals surface area contributed by atoms with E-state index in [1.165, 1.54) is 18.4 Å². The number of aromatic amines is 1. The second-order valence-corrected chi connectivity index (χ2v) is 8.28. The number of nitrogens with one attached hydrogen (secondary N) is 2. The molecule has 24 heavy (non-hydrogen) atoms. The van der Waals surface area contributed by atoms with Gasteiger partial charge in [-0.2, -0.15) is 4.36 Å². The van der Waals surface area contributed by atoms with Gasteiger partial charge in [0.25, 0.3) is 5.91 Å². The molecule has 1 aliphatic rings. The molecule has 3 rings (SSSR count). The van der Waals surface area contributed by atoms with E-state index in [2.05, 4.69) is 14.7 Å². The van der Waals surface area contributed by atoms with Crippen LogP contribution in [0.25, 0.3) is 0 Å². The summed E-state index contributed by atoms with van der Waals surface area (Å²) in [6.45, 7) is 0.727. The summed E-state index contributed by atoms with van der Waals surface area (Å²) in [6, 6.07) is 7.65. The van der Waals surface area contributed by atoms with Crippen LogP contribution in [0.4, 0.5) is 5.82 Å². The van der Waals surface area contributed by atoms with E-state index >= 15 is 0 Å². The Kier molecular flexibility index (Phi) is 4.47. The van der Waals surface area contributed by atoms with E-state index in [0.29, 0.717) is 27.7 Å². The van der Waals surface area contributed by atoms with Crippen molar-refractivity contribution in [3.05, 3.63) is 56.8 Å². The van der Waals surface area contributed by atoms with Gasteiger partial charge in [0.05, 0.1) is 15.3 Å². The molecule has 0 spiro atoms. The maximum Gasteiger partial charge on any atom is 0.285 e. The van der Waals surface area contributed by atoms with E-state index in [0.717, 1.165) is 13.0 Å². The van der Waals surface area contributed by atoms with Crippen molar-refractivity contribution in [2.24, 2.45) is 4.36 Å². The molecule has 2 heterocycles. The molecule has 0 aliphatic carbocycles. The first-order chi connectivity index (χ1) is 11.4. The number of pyridine rings is 1. The third-order valence-corrected chi connectivity index (χ3v) is 5.65. The van der Waals surface area contributed by atoms with Crippen molar-refractivity contribution in [2.45, 2.75) is 17.7 Å². The van der Waals surface area contributed by atoms with E-state index in [-0.39, 0.29) is 5.56 Å². The highest BCUT2D eigenvalue weighted by atomic mass is 35.5. The van der Waals surface area contributed by atoms with Gasteiger partial charge >= 0.3 is 0 Å². The van der Waals surface area contributed by atoms with Gasteiger partial charge < -0.3 is 10.3 Å². The predicted molar refractivity (Wildman–Crippen MR) is 94.4 cm³/mol. The minimum Gasteiger partial charge on any atom is -0.371 e. The number of carbonyl (C=O) groups is 1. The van der Waals surface area contributed by atoms with Crippen molar-refractivity contribution < 1.29 is 9.00 Å². The van der Waals surface area contributed by atoms with E-state index < -0.39 is 21.2 Å². The molecule has 1 aromatic heterocycles. The first-order valence-corrected chi connectivity index (χ1v) is 9.69. The van der Waals surface area contributed by atoms with Gasteiger partial charge in [-0.3, -0.25) is 9.59 Å². The Hall–Kier alpha value is -2.12. The van der Waals surface area contributed by atoms with Gasteiger partial charge in [-0.1, -0.05) is 17.7 Å². The Morgan fingerprint density at radius 3 is 2.88 bits per heavy atom. The van der Waals surface area contributed by atoms with Crippen molar-refractivity contribution in [1.29, 1.82) is 0 Å². The number of nitrogens with zero attached hydrogens (tertiary/aromatic N) is 1. The van der Waals surface area contributed by atoms with Crippen LogP contribution in [-0.2, 0) is 16.1 Å². The molecule has 0 fully saturated rings. The van der Waals surface area contributed by atoms with Crippen LogP contribution >= 0.6 is 11.6 Å². The summed E-state index contributed by atoms with van der Waals surface area (Å²) < 4.78 is 16.7. The first kappa shape index (κ1) is 16.7. The Bertz CT molecular complexity index is 990. The predicted octanol–water partition coefficient (Wildman–Crippen LogP) is 2.68. The van der Waals surface area contributed by atoms with E-state index in [1.807, 2.05) is 0 Å². The molecule has 0 saturated heterocycles. The molecule has 0 radical (unpaired) electrons. The molecular weight excluding hydrogens is 350 g/mol. The maximum atomic E-state index is 12.8. The number of anilines is 1. The van der Waals surface area contributed by atoms with Gasteiger partial charge in [0.1, 0.15) is 5.82 Å². The Morgan fingerprint density at radius 2 is 2.12 bits per heavy atom. The van der Waals surface area contributed by atoms with Crippen LogP contribution in [-0.4, -0.2) is 27.9 Å². The van der Waals surface area contributed by atoms with Crippen LogP contribution in [0.15, 0.2) is 44.4 Å². The molecule has 8 heteroatoms. The Balaban J connectivity index is 2.08. The lowest BCUT2D eigenvalue weighted by Gasteiger charge is -2.19. The van der Waals surface area contributed by atoms with Gasteiger partial charge in [0.2, 0.25) is 5.56 Å². The highest BCUT2D eigenvalue weighted by molar-refractivity contribution is 7.93. The molecule has 126 valence electrons. The zero-order chi connectivity index (χ0) is 17.3. The molecule has 6 nitrogen and oxygen atoms in total. The summed E-state index contributed by atoms with van der Waals surface area (Å²) in [5.41, 5.74) is 0.500. The summed E-state index contributed by atoms with van der Waals surface area (Å²) in [7, 11) is -2.96. The maximum absolute atomic E-state index is 12.8. The SMILES string of the molecule is CS(=O)(=NC(=O)c1cc(=O)[nH]c2c1CCCN2)c1cccc(Cl)c1. The third kappa shape index (κ3) is 3.37. The number of rotatable bonds is 2. The van der Waals surface area contributed by atoms with Crippen LogP contribution in [0.5, 0.6) is 0 Å². The van der Waals surface area contributed by atoms with Crippen LogP contribution in [0.3, 0.4) is 0 Å². The molecule has 1 amide bonds. The van der Waals surface area contributed by atoms with Crippen LogP contribution in [0.2, 0.25) is 5.02 Å². The standard InChI is InChI=1S/C16H16ClN3O3S/c1-24(23,11-5-2-4-10(17)8-11)20-16(22)13-9-14(21)19-15-12(13)6-3-7-18-15/h2,4-5,8-9H,3,6-7H2,1H3,(H2,18,19,21). The molecule has 1 aromatic carbocycles. The lowest BCUT2D eigenvalue weighted by molar-refractivity contribution is 0.100. The van der Waals surface area contributed by atoms with Crippen LogP contribution in [0.1, 0.15) is 22.3 Å². The normalized spacial score (nSPS) is 15.8. The smallest absolute Gasteiger partial charge is 0.285 e. The van der Waals surface area contributed by atoms with Crippen LogP contribution < -0.4 is 10.9 Å². The molecule has 2 N–H and O–H groups in total. The molecule has 0 saturated carbocycles. The van der Waals surface area contributed by atoms with Gasteiger partial charge in [-0.15, -0.1) is 0 Å². The number of halogens is 1. The molecule has 2 aromatic rings. The van der Waals surface area contributed by atoms with Gasteiger partial charge in [0.15, 0.2) is 0 Å². The number of hydrogen-bond acceptors (Lipinski definition) is 4. The lowest BCUT2D eigenvalue weighted by Crippen LogP contribution is -2.22. The minimum atomic E-state index is -2.96. The average molecular weight is 366 g/mol. The largest absolute Gasteiger partial charge is 0.371 e. The first-order valence-electron chi connectivity index (χ1n) is 7.39. The fourth-order valence-corrected chi connectivity index (χ4v) is 4.08. The summed E-state index contributed by atoms with van der Waals surface area (Å²) in [4.78, 5) is 27.4. The molecular formula is C16H16ClN3O3S. The zero-order valence-electron chi connectivity index (χ0n) is 13.0. The fourth-order valence-electron chi connectivity index (χ4n) is 2.63. The number of H-pyrrole nitrogens is 1. The zero-order valence-corrected chi connectivity index (χ0v) is 14.5. The van der Waals surface area contributed by atoms with E-state index in [4.69, 9.17) is 11.6 Å². The monoisotopic (exact) mass is 365 g/mol. The number of aromatic nitrogens is 1. The average Bonchev–Trinajstić information content (AvgIpc) is 2.53. The van der Waals surface area contributed by atoms with E-state index in [9.17, 15) is 13.8 Å². The highest BCUT2D eigenvalue weighted by Crippen LogP contribution is 2.23. The third-order valence-electron chi connectivity index (χ3n) is 3.78. The Morgan fingerprint density at radius 1 is 1.33 bits per heavy atom. The van der Waals surface area contributed by atoms with Crippen molar-refractivity contribution in [3.8, 4) is 0 Å². The molecule has 0 bridgehead atoms. The van der Waals surface area contributed by atoms with Crippen molar-refractivity contribution in [2.75, 3.05) is 18.1 Å². The van der Waals surface area contributed by atoms with E-state index in [1.54, 1.807) is 18.2 Å². The van der Waals surface area contributed by atoms with Crippen molar-refractivity contribution in [1.82, 2.24) is 4.98 Å². The summed E-state index contributed by atoms with van der Waals surface area (Å²) in [6.07, 6.45) is 2.88. The molecule has 1 unspecified atom stereocenters. The second-order valence-electron chi connectivity index (χ2n) is 5.59. The Labute approximate surface area is 144 Å². The van der Waals surface area contributed by atoms with Gasteiger partial charge in [-0.25, -0.2) is 4.21 Å². The number of amides is 1. The number of carbonyl (C=O) groups excluding carboxylic acids is 1. The van der Waals surface area contributed by atoms with Crippen molar-refractivity contribution in [3.63, 3.8) is 0 Å². The van der Waals surface area contributed by atoms with Crippen LogP contribution in [0, 0.1) is 0 Å². The van der Waals surface area contributed by atoms with Crippen molar-refractivity contribution >= 4 is 33.1 Å². The van der Waals surface area contributed by atoms with Gasteiger partial charge in [-0.05, 0) is 31.0 Å². The number of fused-ring (bicyclic) bond motifs is 1. The summed E-state index contributed by atoms with van der Waals surface area (Å²) in [5, 5.41) is 3.48. The number of benzene rings is 1. The summed E-state index contributed by atoms with van der Waals surface area (Å²) >= 11 is 5.91. The summed E-state index contributed by atoms with van der Waals surface area (Å²) in [5.74, 6) is -0.119. The molecule has 1 atom stereocenters. The topological polar surface area (TPSA) is 91.4 Å². The number of hydrogen-bond donors (Lipinski definition) is 2. The second kappa shape index (κ2) is 6.41. The highest BCUT2D eigenvalue weighted by Gasteiger charge is 2.20. The lowest BCUT2D eigenvalue weighted by atomic mass is 10.0. The quantitative estimate of drug-likeness (QED) is 0.855. The van der Waals surface area contributed by atoms with Gasteiger partial charge in [0, 0.05) is 34.3 Å².